The Morgan fingerprint density at radius 1 is 1.30 bits per heavy atom. The average Bonchev–Trinajstić information content (AvgIpc) is 3.46. The highest BCUT2D eigenvalue weighted by Crippen LogP contribution is 2.35. The van der Waals surface area contributed by atoms with E-state index in [1.54, 1.807) is 47.9 Å². The third-order valence-corrected chi connectivity index (χ3v) is 5.18. The van der Waals surface area contributed by atoms with E-state index in [1.165, 1.54) is 5.01 Å². The van der Waals surface area contributed by atoms with Gasteiger partial charge >= 0.3 is 0 Å². The molecule has 3 aromatic rings. The number of nitriles is 1. The highest BCUT2D eigenvalue weighted by atomic mass is 32.1. The van der Waals surface area contributed by atoms with E-state index in [0.717, 1.165) is 10.6 Å². The predicted molar refractivity (Wildman–Crippen MR) is 100 cm³/mol. The second kappa shape index (κ2) is 7.48. The van der Waals surface area contributed by atoms with Gasteiger partial charge in [0.15, 0.2) is 6.61 Å². The van der Waals surface area contributed by atoms with Crippen molar-refractivity contribution >= 4 is 23.0 Å². The Bertz CT molecular complexity index is 1000. The minimum absolute atomic E-state index is 0.188. The maximum atomic E-state index is 12.8. The maximum Gasteiger partial charge on any atom is 0.281 e. The molecule has 0 N–H and O–H groups in total. The van der Waals surface area contributed by atoms with Gasteiger partial charge in [-0.1, -0.05) is 18.2 Å². The summed E-state index contributed by atoms with van der Waals surface area (Å²) in [5.41, 5.74) is 1.12. The first-order valence-electron chi connectivity index (χ1n) is 8.35. The minimum Gasteiger partial charge on any atom is -0.482 e. The lowest BCUT2D eigenvalue weighted by Gasteiger charge is -2.20. The van der Waals surface area contributed by atoms with Crippen LogP contribution in [-0.2, 0) is 4.79 Å². The molecule has 0 unspecified atom stereocenters. The van der Waals surface area contributed by atoms with Crippen LogP contribution in [0, 0.1) is 11.3 Å². The van der Waals surface area contributed by atoms with Gasteiger partial charge in [-0.2, -0.15) is 10.4 Å². The molecule has 1 aliphatic heterocycles. The number of carbonyl (C=O) groups excluding carboxylic acids is 1. The van der Waals surface area contributed by atoms with E-state index in [4.69, 9.17) is 14.4 Å². The van der Waals surface area contributed by atoms with E-state index < -0.39 is 0 Å². The molecule has 0 aliphatic carbocycles. The number of ether oxygens (including phenoxy) is 1. The zero-order valence-electron chi connectivity index (χ0n) is 14.2. The molecule has 6 nitrogen and oxygen atoms in total. The van der Waals surface area contributed by atoms with Gasteiger partial charge in [-0.15, -0.1) is 11.3 Å². The molecule has 0 saturated heterocycles. The van der Waals surface area contributed by atoms with Crippen LogP contribution in [-0.4, -0.2) is 23.2 Å². The fraction of sp³-hybridized carbons (Fsp3) is 0.150. The van der Waals surface area contributed by atoms with Gasteiger partial charge in [0.25, 0.3) is 5.91 Å². The van der Waals surface area contributed by atoms with Crippen molar-refractivity contribution < 1.29 is 13.9 Å². The van der Waals surface area contributed by atoms with E-state index in [9.17, 15) is 4.79 Å². The number of thiophene rings is 1. The number of amides is 1. The molecular weight excluding hydrogens is 362 g/mol. The van der Waals surface area contributed by atoms with Gasteiger partial charge in [0.2, 0.25) is 0 Å². The van der Waals surface area contributed by atoms with Crippen LogP contribution >= 0.6 is 11.3 Å². The number of hydrogen-bond acceptors (Lipinski definition) is 6. The summed E-state index contributed by atoms with van der Waals surface area (Å²) in [6.07, 6.45) is 2.17. The van der Waals surface area contributed by atoms with Gasteiger partial charge in [0.1, 0.15) is 23.3 Å². The smallest absolute Gasteiger partial charge is 0.281 e. The molecule has 27 heavy (non-hydrogen) atoms. The van der Waals surface area contributed by atoms with Gasteiger partial charge in [-0.05, 0) is 35.7 Å². The van der Waals surface area contributed by atoms with E-state index in [-0.39, 0.29) is 18.6 Å². The Morgan fingerprint density at radius 2 is 2.19 bits per heavy atom. The summed E-state index contributed by atoms with van der Waals surface area (Å²) in [6.45, 7) is -0.199. The maximum absolute atomic E-state index is 12.8. The number of benzene rings is 1. The molecule has 0 bridgehead atoms. The molecule has 2 aromatic heterocycles. The molecule has 7 heteroatoms. The monoisotopic (exact) mass is 377 g/mol. The molecule has 0 fully saturated rings. The number of furan rings is 1. The minimum atomic E-state index is -0.275. The lowest BCUT2D eigenvalue weighted by atomic mass is 10.1. The van der Waals surface area contributed by atoms with Crippen LogP contribution in [0.4, 0.5) is 0 Å². The lowest BCUT2D eigenvalue weighted by Crippen LogP contribution is -2.31. The van der Waals surface area contributed by atoms with Crippen LogP contribution < -0.4 is 4.74 Å². The zero-order valence-corrected chi connectivity index (χ0v) is 15.1. The Labute approximate surface area is 159 Å². The van der Waals surface area contributed by atoms with Gasteiger partial charge in [-0.3, -0.25) is 4.79 Å². The van der Waals surface area contributed by atoms with Crippen LogP contribution in [0.5, 0.6) is 5.75 Å². The first-order chi connectivity index (χ1) is 13.3. The van der Waals surface area contributed by atoms with Gasteiger partial charge in [0, 0.05) is 11.3 Å². The molecule has 134 valence electrons. The quantitative estimate of drug-likeness (QED) is 0.674. The second-order valence-electron chi connectivity index (χ2n) is 5.89. The first kappa shape index (κ1) is 17.1. The largest absolute Gasteiger partial charge is 0.482 e. The molecule has 1 aliphatic rings. The number of hydrazone groups is 1. The van der Waals surface area contributed by atoms with E-state index in [2.05, 4.69) is 11.2 Å². The lowest BCUT2D eigenvalue weighted by molar-refractivity contribution is -0.135. The van der Waals surface area contributed by atoms with Crippen molar-refractivity contribution in [3.63, 3.8) is 0 Å². The van der Waals surface area contributed by atoms with Crippen molar-refractivity contribution in [3.8, 4) is 11.8 Å². The summed E-state index contributed by atoms with van der Waals surface area (Å²) < 4.78 is 11.0. The van der Waals surface area contributed by atoms with E-state index >= 15 is 0 Å². The summed E-state index contributed by atoms with van der Waals surface area (Å²) >= 11 is 1.58. The van der Waals surface area contributed by atoms with Gasteiger partial charge < -0.3 is 9.15 Å². The number of para-hydroxylation sites is 1. The van der Waals surface area contributed by atoms with Crippen LogP contribution in [0.2, 0.25) is 0 Å². The average molecular weight is 377 g/mol. The van der Waals surface area contributed by atoms with Crippen molar-refractivity contribution in [1.29, 1.82) is 5.26 Å². The van der Waals surface area contributed by atoms with Crippen LogP contribution in [0.15, 0.2) is 69.7 Å². The molecule has 0 saturated carbocycles. The SMILES string of the molecule is N#Cc1ccccc1OCC(=O)N1N=C(c2ccco2)C[C@H]1c1cccs1. The Morgan fingerprint density at radius 3 is 2.93 bits per heavy atom. The topological polar surface area (TPSA) is 78.8 Å². The summed E-state index contributed by atoms with van der Waals surface area (Å²) in [6, 6.07) is 16.3. The van der Waals surface area contributed by atoms with Crippen molar-refractivity contribution in [1.82, 2.24) is 5.01 Å². The molecule has 0 radical (unpaired) electrons. The number of rotatable bonds is 5. The Balaban J connectivity index is 1.55. The standard InChI is InChI=1S/C20H15N3O3S/c21-12-14-5-1-2-6-17(14)26-13-20(24)23-16(19-8-4-10-27-19)11-15(22-23)18-7-3-9-25-18/h1-10,16H,11,13H2/t16-/m0/s1. The van der Waals surface area contributed by atoms with Gasteiger partial charge in [-0.25, -0.2) is 5.01 Å². The van der Waals surface area contributed by atoms with E-state index in [0.29, 0.717) is 23.5 Å². The fourth-order valence-electron chi connectivity index (χ4n) is 2.92. The zero-order chi connectivity index (χ0) is 18.6. The van der Waals surface area contributed by atoms with Crippen LogP contribution in [0.1, 0.15) is 28.7 Å². The molecule has 4 rings (SSSR count). The summed E-state index contributed by atoms with van der Waals surface area (Å²) in [7, 11) is 0. The fourth-order valence-corrected chi connectivity index (χ4v) is 3.74. The molecule has 1 atom stereocenters. The normalized spacial score (nSPS) is 16.0. The third-order valence-electron chi connectivity index (χ3n) is 4.20. The molecule has 1 aromatic carbocycles. The first-order valence-corrected chi connectivity index (χ1v) is 9.23. The number of hydrogen-bond donors (Lipinski definition) is 0. The summed E-state index contributed by atoms with van der Waals surface area (Å²) in [5, 5.41) is 17.1. The highest BCUT2D eigenvalue weighted by Gasteiger charge is 2.34. The van der Waals surface area contributed by atoms with Crippen molar-refractivity contribution in [2.75, 3.05) is 6.61 Å². The molecule has 3 heterocycles. The summed E-state index contributed by atoms with van der Waals surface area (Å²) in [5.74, 6) is 0.765. The Hall–Kier alpha value is -3.37. The van der Waals surface area contributed by atoms with E-state index in [1.807, 2.05) is 23.6 Å². The van der Waals surface area contributed by atoms with Gasteiger partial charge in [0.05, 0.1) is 17.9 Å². The van der Waals surface area contributed by atoms with Crippen molar-refractivity contribution in [2.45, 2.75) is 12.5 Å². The van der Waals surface area contributed by atoms with Crippen molar-refractivity contribution in [2.24, 2.45) is 5.10 Å². The molecular formula is C20H15N3O3S. The van der Waals surface area contributed by atoms with Crippen LogP contribution in [0.25, 0.3) is 0 Å². The third kappa shape index (κ3) is 3.48. The Kier molecular flexibility index (Phi) is 4.73. The van der Waals surface area contributed by atoms with Crippen molar-refractivity contribution in [3.05, 3.63) is 76.4 Å². The predicted octanol–water partition coefficient (Wildman–Crippen LogP) is 3.97. The summed E-state index contributed by atoms with van der Waals surface area (Å²) in [4.78, 5) is 13.9. The van der Waals surface area contributed by atoms with Crippen LogP contribution in [0.3, 0.4) is 0 Å². The number of carbonyl (C=O) groups is 1. The molecule has 1 amide bonds. The second-order valence-corrected chi connectivity index (χ2v) is 6.87. The highest BCUT2D eigenvalue weighted by molar-refractivity contribution is 7.10. The molecule has 0 spiro atoms. The number of nitrogens with zero attached hydrogens (tertiary/aromatic N) is 3.